The molecule has 4 atom stereocenters. The van der Waals surface area contributed by atoms with Gasteiger partial charge in [-0.2, -0.15) is 11.8 Å². The van der Waals surface area contributed by atoms with Crippen LogP contribution in [0.1, 0.15) is 24.5 Å². The van der Waals surface area contributed by atoms with Crippen molar-refractivity contribution in [2.45, 2.75) is 50.4 Å². The van der Waals surface area contributed by atoms with E-state index >= 15 is 0 Å². The zero-order valence-electron chi connectivity index (χ0n) is 23.7. The molecule has 2 aromatic carbocycles. The van der Waals surface area contributed by atoms with Gasteiger partial charge < -0.3 is 47.8 Å². The molecule has 0 saturated carbocycles. The number of carboxylic acids is 1. The third-order valence-corrected chi connectivity index (χ3v) is 6.46. The number of hydrogen-bond acceptors (Lipinski definition) is 10. The first-order chi connectivity index (χ1) is 19.9. The van der Waals surface area contributed by atoms with Crippen molar-refractivity contribution in [1.29, 1.82) is 0 Å². The van der Waals surface area contributed by atoms with Crippen molar-refractivity contribution in [3.8, 4) is 11.5 Å². The number of phenols is 2. The van der Waals surface area contributed by atoms with Gasteiger partial charge in [-0.25, -0.2) is 0 Å². The molecule has 0 aliphatic rings. The summed E-state index contributed by atoms with van der Waals surface area (Å²) in [5, 5.41) is 44.0. The minimum atomic E-state index is -1.10. The lowest BCUT2D eigenvalue weighted by Gasteiger charge is -2.22. The molecule has 42 heavy (non-hydrogen) atoms. The maximum atomic E-state index is 12.7. The lowest BCUT2D eigenvalue weighted by Crippen LogP contribution is -2.53. The molecule has 2 rings (SSSR count). The van der Waals surface area contributed by atoms with Gasteiger partial charge in [-0.1, -0.05) is 36.4 Å². The molecule has 14 heteroatoms. The monoisotopic (exact) mass is 607 g/mol. The topological polar surface area (TPSA) is 237 Å². The van der Waals surface area contributed by atoms with Crippen molar-refractivity contribution in [1.82, 2.24) is 16.0 Å². The summed E-state index contributed by atoms with van der Waals surface area (Å²) in [5.41, 5.74) is 12.2. The summed E-state index contributed by atoms with van der Waals surface area (Å²) in [6.07, 6.45) is 2.98. The van der Waals surface area contributed by atoms with Crippen LogP contribution in [-0.2, 0) is 32.0 Å². The molecule has 0 fully saturated rings. The normalized spacial score (nSPS) is 13.4. The van der Waals surface area contributed by atoms with Crippen molar-refractivity contribution in [3.05, 3.63) is 59.7 Å². The fraction of sp³-hybridized carbons (Fsp3) is 0.429. The van der Waals surface area contributed by atoms with Crippen LogP contribution in [0.4, 0.5) is 0 Å². The molecular formula is C28H41N5O8S. The van der Waals surface area contributed by atoms with Crippen LogP contribution in [-0.4, -0.2) is 93.4 Å². The highest BCUT2D eigenvalue weighted by Gasteiger charge is 2.24. The third-order valence-electron chi connectivity index (χ3n) is 5.82. The Balaban J connectivity index is 0.000000525. The van der Waals surface area contributed by atoms with Crippen molar-refractivity contribution < 1.29 is 39.6 Å². The molecular weight excluding hydrogens is 566 g/mol. The van der Waals surface area contributed by atoms with Gasteiger partial charge >= 0.3 is 5.97 Å². The number of carboxylic acid groups (broad SMARTS) is 1. The van der Waals surface area contributed by atoms with E-state index in [4.69, 9.17) is 26.8 Å². The second-order valence-electron chi connectivity index (χ2n) is 9.46. The van der Waals surface area contributed by atoms with E-state index in [1.165, 1.54) is 25.1 Å². The Morgan fingerprint density at radius 1 is 0.905 bits per heavy atom. The molecule has 0 radical (unpaired) electrons. The van der Waals surface area contributed by atoms with E-state index in [0.717, 1.165) is 11.3 Å². The summed E-state index contributed by atoms with van der Waals surface area (Å²) in [6.45, 7) is 1.07. The first kappa shape index (κ1) is 36.2. The third kappa shape index (κ3) is 14.2. The molecule has 0 bridgehead atoms. The van der Waals surface area contributed by atoms with Gasteiger partial charge in [-0.15, -0.1) is 0 Å². The first-order valence-corrected chi connectivity index (χ1v) is 14.5. The van der Waals surface area contributed by atoms with Crippen molar-refractivity contribution in [3.63, 3.8) is 0 Å². The smallest absolute Gasteiger partial charge is 0.320 e. The van der Waals surface area contributed by atoms with E-state index in [9.17, 15) is 24.3 Å². The number of nitrogens with two attached hydrogens (primary N) is 2. The van der Waals surface area contributed by atoms with E-state index < -0.39 is 35.9 Å². The Bertz CT molecular complexity index is 1150. The lowest BCUT2D eigenvalue weighted by molar-refractivity contribution is -0.138. The van der Waals surface area contributed by atoms with Gasteiger partial charge in [0.05, 0.1) is 25.2 Å². The van der Waals surface area contributed by atoms with Crippen LogP contribution in [0, 0.1) is 0 Å². The Kier molecular flexibility index (Phi) is 16.6. The molecule has 3 amide bonds. The number of nitrogens with one attached hydrogen (secondary N) is 3. The Morgan fingerprint density at radius 3 is 2.12 bits per heavy atom. The summed E-state index contributed by atoms with van der Waals surface area (Å²) < 4.78 is 0. The standard InChI is InChI=1S/C19H30N4O4S.C9H11NO4/c1-13(20)18(26)21-11-17(25)23-16(10-14-6-4-3-5-7-14)19(27)22-15(12-24)8-9-28-2;10-6(9(13)14)3-5-1-2-7(11)8(12)4-5/h3-7,13,15-16,24H,8-12,20H2,1-2H3,(H,21,26)(H,22,27)(H,23,25);1-2,4,6,11-12H,3,10H2,(H,13,14)/t13-,15+,16+;6-/m10/s1. The maximum Gasteiger partial charge on any atom is 0.320 e. The predicted molar refractivity (Wildman–Crippen MR) is 160 cm³/mol. The number of carbonyl (C=O) groups is 4. The molecule has 0 aliphatic heterocycles. The van der Waals surface area contributed by atoms with Crippen LogP contribution in [0.5, 0.6) is 11.5 Å². The van der Waals surface area contributed by atoms with E-state index in [1.54, 1.807) is 11.8 Å². The van der Waals surface area contributed by atoms with Crippen molar-refractivity contribution in [2.75, 3.05) is 25.2 Å². The molecule has 0 aromatic heterocycles. The van der Waals surface area contributed by atoms with Crippen LogP contribution in [0.3, 0.4) is 0 Å². The van der Waals surface area contributed by atoms with Gasteiger partial charge in [0.15, 0.2) is 11.5 Å². The van der Waals surface area contributed by atoms with Gasteiger partial charge in [0, 0.05) is 6.42 Å². The SMILES string of the molecule is CSCC[C@@H](CO)NC(=O)[C@H](Cc1ccccc1)NC(=O)CNC(=O)[C@@H](C)N.N[C@@H](Cc1ccc(O)c(O)c1)C(=O)O. The molecule has 0 unspecified atom stereocenters. The predicted octanol–water partition coefficient (Wildman–Crippen LogP) is -0.540. The zero-order chi connectivity index (χ0) is 31.7. The molecule has 0 heterocycles. The minimum absolute atomic E-state index is 0.114. The summed E-state index contributed by atoms with van der Waals surface area (Å²) in [7, 11) is 0. The second-order valence-corrected chi connectivity index (χ2v) is 10.4. The van der Waals surface area contributed by atoms with Crippen LogP contribution < -0.4 is 27.4 Å². The molecule has 0 aliphatic carbocycles. The number of phenolic OH excluding ortho intramolecular Hbond substituents is 2. The number of rotatable bonds is 15. The number of amides is 3. The van der Waals surface area contributed by atoms with Gasteiger partial charge in [-0.05, 0) is 55.0 Å². The number of benzene rings is 2. The summed E-state index contributed by atoms with van der Waals surface area (Å²) in [5.74, 6) is -2.14. The Morgan fingerprint density at radius 2 is 1.57 bits per heavy atom. The zero-order valence-corrected chi connectivity index (χ0v) is 24.5. The number of thioether (sulfide) groups is 1. The Labute approximate surface area is 249 Å². The summed E-state index contributed by atoms with van der Waals surface area (Å²) in [4.78, 5) is 46.9. The average molecular weight is 608 g/mol. The highest BCUT2D eigenvalue weighted by atomic mass is 32.2. The summed E-state index contributed by atoms with van der Waals surface area (Å²) in [6, 6.07) is 10.5. The molecule has 0 spiro atoms. The number of hydrogen-bond donors (Lipinski definition) is 9. The van der Waals surface area contributed by atoms with E-state index in [2.05, 4.69) is 16.0 Å². The molecule has 11 N–H and O–H groups in total. The average Bonchev–Trinajstić information content (AvgIpc) is 2.96. The first-order valence-electron chi connectivity index (χ1n) is 13.1. The van der Waals surface area contributed by atoms with Gasteiger partial charge in [-0.3, -0.25) is 19.2 Å². The largest absolute Gasteiger partial charge is 0.504 e. The second kappa shape index (κ2) is 19.3. The van der Waals surface area contributed by atoms with Crippen molar-refractivity contribution in [2.24, 2.45) is 11.5 Å². The van der Waals surface area contributed by atoms with Gasteiger partial charge in [0.2, 0.25) is 17.7 Å². The quantitative estimate of drug-likeness (QED) is 0.117. The number of aliphatic carboxylic acids is 1. The molecule has 13 nitrogen and oxygen atoms in total. The minimum Gasteiger partial charge on any atom is -0.504 e. The van der Waals surface area contributed by atoms with Crippen LogP contribution >= 0.6 is 11.8 Å². The van der Waals surface area contributed by atoms with Crippen LogP contribution in [0.15, 0.2) is 48.5 Å². The van der Waals surface area contributed by atoms with E-state index in [1.807, 2.05) is 36.6 Å². The summed E-state index contributed by atoms with van der Waals surface area (Å²) >= 11 is 1.62. The Hall–Kier alpha value is -3.85. The maximum absolute atomic E-state index is 12.7. The van der Waals surface area contributed by atoms with E-state index in [0.29, 0.717) is 18.4 Å². The number of carbonyl (C=O) groups excluding carboxylic acids is 3. The molecule has 232 valence electrons. The van der Waals surface area contributed by atoms with Crippen LogP contribution in [0.2, 0.25) is 0 Å². The molecule has 2 aromatic rings. The number of aromatic hydroxyl groups is 2. The van der Waals surface area contributed by atoms with Gasteiger partial charge in [0.25, 0.3) is 0 Å². The lowest BCUT2D eigenvalue weighted by atomic mass is 10.0. The van der Waals surface area contributed by atoms with Crippen molar-refractivity contribution >= 4 is 35.5 Å². The fourth-order valence-electron chi connectivity index (χ4n) is 3.44. The highest BCUT2D eigenvalue weighted by Crippen LogP contribution is 2.25. The highest BCUT2D eigenvalue weighted by molar-refractivity contribution is 7.98. The fourth-order valence-corrected chi connectivity index (χ4v) is 3.96. The van der Waals surface area contributed by atoms with Crippen LogP contribution in [0.25, 0.3) is 0 Å². The molecule has 0 saturated heterocycles. The van der Waals surface area contributed by atoms with E-state index in [-0.39, 0.29) is 43.0 Å². The number of aliphatic hydroxyl groups is 1. The van der Waals surface area contributed by atoms with Gasteiger partial charge in [0.1, 0.15) is 12.1 Å². The number of aliphatic hydroxyl groups excluding tert-OH is 1.